The number of carboxylic acid groups (broad SMARTS) is 1. The van der Waals surface area contributed by atoms with Crippen molar-refractivity contribution < 1.29 is 19.4 Å². The molecule has 5 nitrogen and oxygen atoms in total. The van der Waals surface area contributed by atoms with Crippen LogP contribution in [0.1, 0.15) is 19.3 Å². The average Bonchev–Trinajstić information content (AvgIpc) is 2.80. The zero-order valence-electron chi connectivity index (χ0n) is 9.61. The first-order chi connectivity index (χ1) is 8.14. The minimum Gasteiger partial charge on any atom is -0.479 e. The fourth-order valence-electron chi connectivity index (χ4n) is 2.17. The molecule has 1 amide bonds. The van der Waals surface area contributed by atoms with E-state index in [9.17, 15) is 14.7 Å². The minimum atomic E-state index is -1.06. The van der Waals surface area contributed by atoms with E-state index in [2.05, 4.69) is 5.32 Å². The Balaban J connectivity index is 1.98. The number of aliphatic carboxylic acids is 1. The number of rotatable bonds is 3. The smallest absolute Gasteiger partial charge is 0.330 e. The number of amides is 1. The zero-order chi connectivity index (χ0) is 12.3. The monoisotopic (exact) mass is 259 g/mol. The van der Waals surface area contributed by atoms with Crippen LogP contribution in [-0.4, -0.2) is 47.2 Å². The molecule has 2 rings (SSSR count). The second-order valence-corrected chi connectivity index (χ2v) is 5.70. The molecule has 0 spiro atoms. The van der Waals surface area contributed by atoms with Crippen molar-refractivity contribution in [1.82, 2.24) is 5.32 Å². The van der Waals surface area contributed by atoms with Crippen LogP contribution in [0, 0.1) is 5.92 Å². The molecule has 0 aromatic heterocycles. The van der Waals surface area contributed by atoms with E-state index in [4.69, 9.17) is 4.74 Å². The summed E-state index contributed by atoms with van der Waals surface area (Å²) in [6.45, 7) is 1.11. The lowest BCUT2D eigenvalue weighted by Gasteiger charge is -2.28. The predicted molar refractivity (Wildman–Crippen MR) is 64.0 cm³/mol. The van der Waals surface area contributed by atoms with E-state index in [-0.39, 0.29) is 11.8 Å². The Morgan fingerprint density at radius 3 is 2.82 bits per heavy atom. The molecule has 6 heteroatoms. The second-order valence-electron chi connectivity index (χ2n) is 4.59. The summed E-state index contributed by atoms with van der Waals surface area (Å²) in [5.41, 5.74) is -1.06. The number of thioether (sulfide) groups is 1. The van der Waals surface area contributed by atoms with Gasteiger partial charge in [-0.3, -0.25) is 4.79 Å². The average molecular weight is 259 g/mol. The van der Waals surface area contributed by atoms with Gasteiger partial charge in [0.1, 0.15) is 5.54 Å². The van der Waals surface area contributed by atoms with Crippen LogP contribution in [0.5, 0.6) is 0 Å². The number of carbonyl (C=O) groups excluding carboxylic acids is 1. The van der Waals surface area contributed by atoms with Gasteiger partial charge in [0.05, 0.1) is 12.5 Å². The molecule has 0 unspecified atom stereocenters. The van der Waals surface area contributed by atoms with Gasteiger partial charge in [0.2, 0.25) is 5.91 Å². The molecule has 2 N–H and O–H groups in total. The molecule has 2 fully saturated rings. The third-order valence-electron chi connectivity index (χ3n) is 3.32. The lowest BCUT2D eigenvalue weighted by Crippen LogP contribution is -2.56. The van der Waals surface area contributed by atoms with Gasteiger partial charge in [0.15, 0.2) is 0 Å². The lowest BCUT2D eigenvalue weighted by atomic mass is 9.95. The first-order valence-electron chi connectivity index (χ1n) is 5.85. The van der Waals surface area contributed by atoms with E-state index < -0.39 is 11.5 Å². The molecule has 0 aromatic rings. The van der Waals surface area contributed by atoms with Crippen molar-refractivity contribution in [3.05, 3.63) is 0 Å². The highest BCUT2D eigenvalue weighted by molar-refractivity contribution is 7.99. The molecular formula is C11H17NO4S. The summed E-state index contributed by atoms with van der Waals surface area (Å²) in [5.74, 6) is -0.0391. The van der Waals surface area contributed by atoms with Crippen molar-refractivity contribution in [1.29, 1.82) is 0 Å². The van der Waals surface area contributed by atoms with Gasteiger partial charge in [-0.25, -0.2) is 4.79 Å². The summed E-state index contributed by atoms with van der Waals surface area (Å²) in [6, 6.07) is 0. The molecular weight excluding hydrogens is 242 g/mol. The standard InChI is InChI=1S/C11H17NO4S/c13-9(8-2-1-4-16-6-8)12-11(10(14)15)3-5-17-7-11/h8H,1-7H2,(H,12,13)(H,14,15)/t8-,11+/m1/s1. The molecule has 17 heavy (non-hydrogen) atoms. The second kappa shape index (κ2) is 5.27. The van der Waals surface area contributed by atoms with E-state index in [1.807, 2.05) is 0 Å². The molecule has 2 aliphatic rings. The van der Waals surface area contributed by atoms with Crippen LogP contribution in [0.4, 0.5) is 0 Å². The molecule has 2 heterocycles. The first-order valence-corrected chi connectivity index (χ1v) is 7.00. The van der Waals surface area contributed by atoms with Crippen LogP contribution < -0.4 is 5.32 Å². The number of ether oxygens (including phenoxy) is 1. The van der Waals surface area contributed by atoms with E-state index >= 15 is 0 Å². The van der Waals surface area contributed by atoms with Gasteiger partial charge < -0.3 is 15.2 Å². The topological polar surface area (TPSA) is 75.6 Å². The Morgan fingerprint density at radius 1 is 1.47 bits per heavy atom. The van der Waals surface area contributed by atoms with Crippen molar-refractivity contribution in [3.8, 4) is 0 Å². The van der Waals surface area contributed by atoms with Crippen molar-refractivity contribution in [2.45, 2.75) is 24.8 Å². The number of hydrogen-bond acceptors (Lipinski definition) is 4. The number of carbonyl (C=O) groups is 2. The minimum absolute atomic E-state index is 0.172. The van der Waals surface area contributed by atoms with Gasteiger partial charge in [0, 0.05) is 12.4 Å². The maximum Gasteiger partial charge on any atom is 0.330 e. The fourth-order valence-corrected chi connectivity index (χ4v) is 3.50. The molecule has 0 aromatic carbocycles. The summed E-state index contributed by atoms with van der Waals surface area (Å²) in [5, 5.41) is 12.0. The third-order valence-corrected chi connectivity index (χ3v) is 4.51. The highest BCUT2D eigenvalue weighted by Crippen LogP contribution is 2.29. The van der Waals surface area contributed by atoms with Gasteiger partial charge in [-0.05, 0) is 25.0 Å². The third kappa shape index (κ3) is 2.74. The SMILES string of the molecule is O=C(N[C@@]1(C(=O)O)CCSC1)[C@@H]1CCCOC1. The summed E-state index contributed by atoms with van der Waals surface area (Å²) in [7, 11) is 0. The summed E-state index contributed by atoms with van der Waals surface area (Å²) < 4.78 is 5.25. The van der Waals surface area contributed by atoms with Crippen LogP contribution >= 0.6 is 11.8 Å². The quantitative estimate of drug-likeness (QED) is 0.771. The van der Waals surface area contributed by atoms with Gasteiger partial charge in [-0.15, -0.1) is 0 Å². The van der Waals surface area contributed by atoms with Crippen LogP contribution in [0.2, 0.25) is 0 Å². The van der Waals surface area contributed by atoms with Gasteiger partial charge in [0.25, 0.3) is 0 Å². The number of nitrogens with one attached hydrogen (secondary N) is 1. The first kappa shape index (κ1) is 12.7. The van der Waals surface area contributed by atoms with E-state index in [0.29, 0.717) is 25.4 Å². The Bertz CT molecular complexity index is 309. The summed E-state index contributed by atoms with van der Waals surface area (Å²) in [6.07, 6.45) is 2.16. The molecule has 0 saturated carbocycles. The van der Waals surface area contributed by atoms with Crippen LogP contribution in [-0.2, 0) is 14.3 Å². The fraction of sp³-hybridized carbons (Fsp3) is 0.818. The van der Waals surface area contributed by atoms with Crippen LogP contribution in [0.15, 0.2) is 0 Å². The number of hydrogen-bond donors (Lipinski definition) is 2. The van der Waals surface area contributed by atoms with Crippen molar-refractivity contribution >= 4 is 23.6 Å². The van der Waals surface area contributed by atoms with Gasteiger partial charge in [-0.1, -0.05) is 0 Å². The molecule has 2 atom stereocenters. The van der Waals surface area contributed by atoms with Gasteiger partial charge in [-0.2, -0.15) is 11.8 Å². The van der Waals surface area contributed by atoms with E-state index in [0.717, 1.165) is 18.6 Å². The summed E-state index contributed by atoms with van der Waals surface area (Å²) >= 11 is 1.57. The number of carboxylic acids is 1. The lowest BCUT2D eigenvalue weighted by molar-refractivity contribution is -0.148. The van der Waals surface area contributed by atoms with Crippen molar-refractivity contribution in [2.75, 3.05) is 24.7 Å². The Hall–Kier alpha value is -0.750. The largest absolute Gasteiger partial charge is 0.479 e. The summed E-state index contributed by atoms with van der Waals surface area (Å²) in [4.78, 5) is 23.3. The Labute approximate surface area is 104 Å². The maximum atomic E-state index is 12.0. The molecule has 0 bridgehead atoms. The van der Waals surface area contributed by atoms with E-state index in [1.165, 1.54) is 0 Å². The van der Waals surface area contributed by atoms with E-state index in [1.54, 1.807) is 11.8 Å². The van der Waals surface area contributed by atoms with Gasteiger partial charge >= 0.3 is 5.97 Å². The molecule has 2 saturated heterocycles. The predicted octanol–water partition coefficient (Wildman–Crippen LogP) is 0.489. The Morgan fingerprint density at radius 2 is 2.29 bits per heavy atom. The molecule has 0 radical (unpaired) electrons. The molecule has 96 valence electrons. The Kier molecular flexibility index (Phi) is 3.93. The van der Waals surface area contributed by atoms with Crippen LogP contribution in [0.25, 0.3) is 0 Å². The molecule has 0 aliphatic carbocycles. The normalized spacial score (nSPS) is 33.3. The van der Waals surface area contributed by atoms with Crippen molar-refractivity contribution in [2.24, 2.45) is 5.92 Å². The highest BCUT2D eigenvalue weighted by Gasteiger charge is 2.44. The highest BCUT2D eigenvalue weighted by atomic mass is 32.2. The van der Waals surface area contributed by atoms with Crippen molar-refractivity contribution in [3.63, 3.8) is 0 Å². The van der Waals surface area contributed by atoms with Crippen LogP contribution in [0.3, 0.4) is 0 Å². The maximum absolute atomic E-state index is 12.0. The molecule has 2 aliphatic heterocycles. The zero-order valence-corrected chi connectivity index (χ0v) is 10.4.